The van der Waals surface area contributed by atoms with Gasteiger partial charge in [0.15, 0.2) is 0 Å². The molecular formula is C17H13IN2O4. The third-order valence-corrected chi connectivity index (χ3v) is 4.36. The lowest BCUT2D eigenvalue weighted by atomic mass is 10.2. The number of hydrogen-bond donors (Lipinski definition) is 2. The number of carboxylic acids is 1. The van der Waals surface area contributed by atoms with Crippen LogP contribution in [0.1, 0.15) is 16.8 Å². The van der Waals surface area contributed by atoms with E-state index in [0.717, 1.165) is 14.2 Å². The van der Waals surface area contributed by atoms with Crippen molar-refractivity contribution >= 4 is 51.7 Å². The van der Waals surface area contributed by atoms with Crippen LogP contribution in [0.25, 0.3) is 0 Å². The molecule has 0 saturated carbocycles. The molecule has 3 rings (SSSR count). The maximum absolute atomic E-state index is 12.5. The number of carbonyl (C=O) groups is 3. The Morgan fingerprint density at radius 1 is 1.17 bits per heavy atom. The van der Waals surface area contributed by atoms with Gasteiger partial charge in [0.2, 0.25) is 5.91 Å². The van der Waals surface area contributed by atoms with Crippen molar-refractivity contribution in [3.8, 4) is 0 Å². The third kappa shape index (κ3) is 3.25. The lowest BCUT2D eigenvalue weighted by Gasteiger charge is -2.16. The molecule has 1 aliphatic heterocycles. The molecular weight excluding hydrogens is 423 g/mol. The summed E-state index contributed by atoms with van der Waals surface area (Å²) in [6.45, 7) is 0. The summed E-state index contributed by atoms with van der Waals surface area (Å²) >= 11 is 2.17. The molecule has 1 aliphatic rings. The highest BCUT2D eigenvalue weighted by atomic mass is 127. The average Bonchev–Trinajstić information content (AvgIpc) is 2.81. The van der Waals surface area contributed by atoms with Crippen LogP contribution in [0.5, 0.6) is 0 Å². The van der Waals surface area contributed by atoms with Gasteiger partial charge in [-0.15, -0.1) is 0 Å². The van der Waals surface area contributed by atoms with Crippen LogP contribution in [0.2, 0.25) is 0 Å². The topological polar surface area (TPSA) is 86.7 Å². The van der Waals surface area contributed by atoms with E-state index in [1.807, 2.05) is 24.3 Å². The van der Waals surface area contributed by atoms with Crippen molar-refractivity contribution in [1.29, 1.82) is 0 Å². The average molecular weight is 436 g/mol. The Hall–Kier alpha value is -2.42. The molecule has 0 aliphatic carbocycles. The lowest BCUT2D eigenvalue weighted by molar-refractivity contribution is -0.121. The van der Waals surface area contributed by atoms with E-state index in [9.17, 15) is 14.4 Å². The molecule has 2 aromatic carbocycles. The Bertz CT molecular complexity index is 820. The second kappa shape index (κ2) is 6.60. The van der Waals surface area contributed by atoms with Crippen LogP contribution in [-0.2, 0) is 9.59 Å². The summed E-state index contributed by atoms with van der Waals surface area (Å²) in [5.41, 5.74) is 1.25. The van der Waals surface area contributed by atoms with Crippen LogP contribution in [0.15, 0.2) is 48.5 Å². The minimum absolute atomic E-state index is 0.0605. The van der Waals surface area contributed by atoms with Gasteiger partial charge in [-0.25, -0.2) is 9.69 Å². The molecule has 0 bridgehead atoms. The molecule has 24 heavy (non-hydrogen) atoms. The monoisotopic (exact) mass is 436 g/mol. The highest BCUT2D eigenvalue weighted by Gasteiger charge is 2.39. The number of anilines is 2. The molecule has 2 amide bonds. The van der Waals surface area contributed by atoms with Gasteiger partial charge in [-0.2, -0.15) is 0 Å². The molecule has 6 nitrogen and oxygen atoms in total. The van der Waals surface area contributed by atoms with E-state index < -0.39 is 12.0 Å². The van der Waals surface area contributed by atoms with E-state index in [1.54, 1.807) is 0 Å². The summed E-state index contributed by atoms with van der Waals surface area (Å²) in [5, 5.41) is 12.0. The van der Waals surface area contributed by atoms with Crippen molar-refractivity contribution in [3.63, 3.8) is 0 Å². The highest BCUT2D eigenvalue weighted by molar-refractivity contribution is 14.1. The van der Waals surface area contributed by atoms with Gasteiger partial charge in [0.05, 0.1) is 17.7 Å². The van der Waals surface area contributed by atoms with Crippen molar-refractivity contribution in [2.45, 2.75) is 12.5 Å². The Labute approximate surface area is 151 Å². The zero-order valence-electron chi connectivity index (χ0n) is 12.4. The lowest BCUT2D eigenvalue weighted by Crippen LogP contribution is -2.34. The minimum Gasteiger partial charge on any atom is -0.478 e. The number of aromatic carboxylic acids is 1. The van der Waals surface area contributed by atoms with Gasteiger partial charge in [-0.1, -0.05) is 6.07 Å². The second-order valence-corrected chi connectivity index (χ2v) is 6.58. The zero-order chi connectivity index (χ0) is 17.3. The first-order chi connectivity index (χ1) is 11.5. The number of nitrogens with zero attached hydrogens (tertiary/aromatic N) is 1. The van der Waals surface area contributed by atoms with Gasteiger partial charge >= 0.3 is 5.97 Å². The standard InChI is InChI=1S/C17H13IN2O4/c18-11-2-1-3-12(8-11)19-14-9-15(21)20(16(14)22)13-6-4-10(5-7-13)17(23)24/h1-8,14,19H,9H2,(H,23,24). The Balaban J connectivity index is 1.80. The van der Waals surface area contributed by atoms with Gasteiger partial charge in [0.1, 0.15) is 6.04 Å². The smallest absolute Gasteiger partial charge is 0.335 e. The maximum atomic E-state index is 12.5. The molecule has 1 unspecified atom stereocenters. The van der Waals surface area contributed by atoms with Crippen molar-refractivity contribution in [2.75, 3.05) is 10.2 Å². The second-order valence-electron chi connectivity index (χ2n) is 5.33. The van der Waals surface area contributed by atoms with Gasteiger partial charge in [-0.05, 0) is 65.1 Å². The quantitative estimate of drug-likeness (QED) is 0.569. The number of carboxylic acid groups (broad SMARTS) is 1. The van der Waals surface area contributed by atoms with Crippen LogP contribution < -0.4 is 10.2 Å². The summed E-state index contributed by atoms with van der Waals surface area (Å²) in [5.74, 6) is -1.72. The van der Waals surface area contributed by atoms with Gasteiger partial charge in [-0.3, -0.25) is 9.59 Å². The third-order valence-electron chi connectivity index (χ3n) is 3.68. The number of carbonyl (C=O) groups excluding carboxylic acids is 2. The number of rotatable bonds is 4. The van der Waals surface area contributed by atoms with Gasteiger partial charge < -0.3 is 10.4 Å². The summed E-state index contributed by atoms with van der Waals surface area (Å²) in [6, 6.07) is 12.6. The molecule has 2 N–H and O–H groups in total. The number of amides is 2. The number of hydrogen-bond acceptors (Lipinski definition) is 4. The largest absolute Gasteiger partial charge is 0.478 e. The highest BCUT2D eigenvalue weighted by Crippen LogP contribution is 2.25. The van der Waals surface area contributed by atoms with Crippen LogP contribution in [-0.4, -0.2) is 28.9 Å². The van der Waals surface area contributed by atoms with E-state index in [1.165, 1.54) is 24.3 Å². The predicted molar refractivity (Wildman–Crippen MR) is 97.1 cm³/mol. The fourth-order valence-electron chi connectivity index (χ4n) is 2.55. The fourth-order valence-corrected chi connectivity index (χ4v) is 3.09. The molecule has 1 saturated heterocycles. The molecule has 7 heteroatoms. The summed E-state index contributed by atoms with van der Waals surface area (Å²) in [4.78, 5) is 36.7. The van der Waals surface area contributed by atoms with E-state index >= 15 is 0 Å². The minimum atomic E-state index is -1.06. The molecule has 2 aromatic rings. The van der Waals surface area contributed by atoms with Crippen LogP contribution in [0, 0.1) is 3.57 Å². The number of benzene rings is 2. The molecule has 0 radical (unpaired) electrons. The first-order valence-electron chi connectivity index (χ1n) is 7.18. The molecule has 1 fully saturated rings. The predicted octanol–water partition coefficient (Wildman–Crippen LogP) is 2.73. The summed E-state index contributed by atoms with van der Waals surface area (Å²) < 4.78 is 1.02. The summed E-state index contributed by atoms with van der Waals surface area (Å²) in [6.07, 6.45) is 0.0605. The maximum Gasteiger partial charge on any atom is 0.335 e. The number of nitrogens with one attached hydrogen (secondary N) is 1. The first-order valence-corrected chi connectivity index (χ1v) is 8.26. The molecule has 0 aromatic heterocycles. The van der Waals surface area contributed by atoms with Crippen molar-refractivity contribution in [1.82, 2.24) is 0 Å². The number of imide groups is 1. The van der Waals surface area contributed by atoms with E-state index in [0.29, 0.717) is 5.69 Å². The van der Waals surface area contributed by atoms with Crippen LogP contribution in [0.3, 0.4) is 0 Å². The molecule has 122 valence electrons. The fraction of sp³-hybridized carbons (Fsp3) is 0.118. The Kier molecular flexibility index (Phi) is 4.52. The Morgan fingerprint density at radius 2 is 1.88 bits per heavy atom. The van der Waals surface area contributed by atoms with Crippen molar-refractivity contribution < 1.29 is 19.5 Å². The molecule has 0 spiro atoms. The van der Waals surface area contributed by atoms with Gasteiger partial charge in [0, 0.05) is 9.26 Å². The normalized spacial score (nSPS) is 17.2. The SMILES string of the molecule is O=C(O)c1ccc(N2C(=O)CC(Nc3cccc(I)c3)C2=O)cc1. The van der Waals surface area contributed by atoms with E-state index in [-0.39, 0.29) is 23.8 Å². The van der Waals surface area contributed by atoms with E-state index in [4.69, 9.17) is 5.11 Å². The van der Waals surface area contributed by atoms with Gasteiger partial charge in [0.25, 0.3) is 5.91 Å². The number of halogens is 1. The van der Waals surface area contributed by atoms with Crippen LogP contribution in [0.4, 0.5) is 11.4 Å². The van der Waals surface area contributed by atoms with Crippen LogP contribution >= 0.6 is 22.6 Å². The van der Waals surface area contributed by atoms with Crippen molar-refractivity contribution in [2.24, 2.45) is 0 Å². The van der Waals surface area contributed by atoms with Crippen molar-refractivity contribution in [3.05, 3.63) is 57.7 Å². The first kappa shape index (κ1) is 16.4. The zero-order valence-corrected chi connectivity index (χ0v) is 14.6. The van der Waals surface area contributed by atoms with E-state index in [2.05, 4.69) is 27.9 Å². The molecule has 1 atom stereocenters. The summed E-state index contributed by atoms with van der Waals surface area (Å²) in [7, 11) is 0. The molecule has 1 heterocycles. The Morgan fingerprint density at radius 3 is 2.50 bits per heavy atom.